The van der Waals surface area contributed by atoms with Gasteiger partial charge in [0.15, 0.2) is 0 Å². The molecule has 3 aromatic heterocycles. The minimum absolute atomic E-state index is 0.0697. The van der Waals surface area contributed by atoms with Crippen LogP contribution in [0.15, 0.2) is 34.6 Å². The summed E-state index contributed by atoms with van der Waals surface area (Å²) in [4.78, 5) is 12.3. The van der Waals surface area contributed by atoms with Gasteiger partial charge in [-0.05, 0) is 37.4 Å². The van der Waals surface area contributed by atoms with E-state index >= 15 is 0 Å². The fourth-order valence-corrected chi connectivity index (χ4v) is 3.08. The zero-order valence-corrected chi connectivity index (χ0v) is 11.8. The lowest BCUT2D eigenvalue weighted by atomic mass is 10.3. The van der Waals surface area contributed by atoms with Crippen molar-refractivity contribution in [1.82, 2.24) is 14.3 Å². The molecule has 0 fully saturated rings. The van der Waals surface area contributed by atoms with Crippen LogP contribution in [0, 0.1) is 6.92 Å². The molecule has 4 nitrogen and oxygen atoms in total. The molecular formula is C14H15N3OS. The van der Waals surface area contributed by atoms with E-state index in [1.54, 1.807) is 15.9 Å². The number of hydrogen-bond acceptors (Lipinski definition) is 3. The zero-order valence-electron chi connectivity index (χ0n) is 11.0. The highest BCUT2D eigenvalue weighted by Crippen LogP contribution is 2.16. The molecule has 0 atom stereocenters. The van der Waals surface area contributed by atoms with Crippen LogP contribution in [0.3, 0.4) is 0 Å². The van der Waals surface area contributed by atoms with Crippen LogP contribution in [0.1, 0.15) is 18.3 Å². The first-order valence-corrected chi connectivity index (χ1v) is 7.17. The Balaban J connectivity index is 2.05. The van der Waals surface area contributed by atoms with Gasteiger partial charge < -0.3 is 4.57 Å². The molecule has 0 aliphatic heterocycles. The normalized spacial score (nSPS) is 11.3. The first-order chi connectivity index (χ1) is 9.19. The summed E-state index contributed by atoms with van der Waals surface area (Å²) in [6, 6.07) is 5.93. The van der Waals surface area contributed by atoms with Gasteiger partial charge in [0.1, 0.15) is 0 Å². The van der Waals surface area contributed by atoms with Gasteiger partial charge in [0.05, 0.1) is 23.3 Å². The summed E-state index contributed by atoms with van der Waals surface area (Å²) in [6.45, 7) is 5.42. The van der Waals surface area contributed by atoms with Crippen molar-refractivity contribution in [3.63, 3.8) is 0 Å². The lowest BCUT2D eigenvalue weighted by Gasteiger charge is -2.07. The number of nitrogens with zero attached hydrogens (tertiary/aromatic N) is 3. The van der Waals surface area contributed by atoms with Gasteiger partial charge in [-0.25, -0.2) is 0 Å². The van der Waals surface area contributed by atoms with Gasteiger partial charge in [0.2, 0.25) is 0 Å². The number of fused-ring (bicyclic) bond motifs is 1. The second kappa shape index (κ2) is 4.66. The van der Waals surface area contributed by atoms with Crippen LogP contribution in [0.2, 0.25) is 0 Å². The third-order valence-electron chi connectivity index (χ3n) is 3.21. The second-order valence-electron chi connectivity index (χ2n) is 4.54. The number of pyridine rings is 1. The number of rotatable bonds is 3. The van der Waals surface area contributed by atoms with E-state index in [1.807, 2.05) is 41.4 Å². The van der Waals surface area contributed by atoms with Gasteiger partial charge in [0, 0.05) is 17.4 Å². The molecule has 0 saturated carbocycles. The van der Waals surface area contributed by atoms with Gasteiger partial charge in [-0.2, -0.15) is 5.10 Å². The minimum atomic E-state index is 0.0697. The quantitative estimate of drug-likeness (QED) is 0.736. The predicted octanol–water partition coefficient (Wildman–Crippen LogP) is 2.64. The van der Waals surface area contributed by atoms with Gasteiger partial charge >= 0.3 is 0 Å². The summed E-state index contributed by atoms with van der Waals surface area (Å²) in [5, 5.41) is 7.16. The molecule has 3 aromatic rings. The lowest BCUT2D eigenvalue weighted by molar-refractivity contribution is 0.593. The van der Waals surface area contributed by atoms with E-state index in [2.05, 4.69) is 12.0 Å². The molecule has 0 aliphatic carbocycles. The zero-order chi connectivity index (χ0) is 13.4. The van der Waals surface area contributed by atoms with Gasteiger partial charge in [-0.3, -0.25) is 9.48 Å². The standard InChI is InChI=1S/C14H15N3OS/c1-3-17-11(8-10(2)15-17)9-16-6-4-13-12(14(16)18)5-7-19-13/h4-8H,3,9H2,1-2H3. The Labute approximate surface area is 114 Å². The van der Waals surface area contributed by atoms with Crippen LogP contribution in [0.25, 0.3) is 10.1 Å². The molecular weight excluding hydrogens is 258 g/mol. The van der Waals surface area contributed by atoms with Gasteiger partial charge in [-0.15, -0.1) is 11.3 Å². The van der Waals surface area contributed by atoms with Crippen molar-refractivity contribution in [3.8, 4) is 0 Å². The van der Waals surface area contributed by atoms with Crippen molar-refractivity contribution in [2.45, 2.75) is 26.9 Å². The molecule has 3 heterocycles. The van der Waals surface area contributed by atoms with E-state index in [1.165, 1.54) is 0 Å². The van der Waals surface area contributed by atoms with E-state index in [9.17, 15) is 4.79 Å². The Morgan fingerprint density at radius 2 is 2.21 bits per heavy atom. The number of thiophene rings is 1. The SMILES string of the molecule is CCn1nc(C)cc1Cn1ccc2sccc2c1=O. The third kappa shape index (κ3) is 2.10. The Hall–Kier alpha value is -1.88. The van der Waals surface area contributed by atoms with Crippen LogP contribution in [-0.2, 0) is 13.1 Å². The van der Waals surface area contributed by atoms with Crippen LogP contribution in [0.4, 0.5) is 0 Å². The molecule has 98 valence electrons. The Morgan fingerprint density at radius 1 is 1.37 bits per heavy atom. The molecule has 0 N–H and O–H groups in total. The molecule has 5 heteroatoms. The van der Waals surface area contributed by atoms with Crippen molar-refractivity contribution in [2.75, 3.05) is 0 Å². The van der Waals surface area contributed by atoms with Crippen LogP contribution in [0.5, 0.6) is 0 Å². The summed E-state index contributed by atoms with van der Waals surface area (Å²) >= 11 is 1.60. The molecule has 3 rings (SSSR count). The minimum Gasteiger partial charge on any atom is -0.309 e. The first-order valence-electron chi connectivity index (χ1n) is 6.29. The Kier molecular flexibility index (Phi) is 2.98. The Morgan fingerprint density at radius 3 is 3.00 bits per heavy atom. The molecule has 0 unspecified atom stereocenters. The largest absolute Gasteiger partial charge is 0.309 e. The monoisotopic (exact) mass is 273 g/mol. The Bertz CT molecular complexity index is 781. The molecule has 0 radical (unpaired) electrons. The molecule has 0 bridgehead atoms. The summed E-state index contributed by atoms with van der Waals surface area (Å²) in [6.07, 6.45) is 1.86. The number of aromatic nitrogens is 3. The van der Waals surface area contributed by atoms with Gasteiger partial charge in [-0.1, -0.05) is 0 Å². The van der Waals surface area contributed by atoms with Crippen LogP contribution >= 0.6 is 11.3 Å². The summed E-state index contributed by atoms with van der Waals surface area (Å²) in [7, 11) is 0. The molecule has 0 spiro atoms. The molecule has 0 aromatic carbocycles. The summed E-state index contributed by atoms with van der Waals surface area (Å²) < 4.78 is 4.73. The van der Waals surface area contributed by atoms with Crippen molar-refractivity contribution in [1.29, 1.82) is 0 Å². The van der Waals surface area contributed by atoms with E-state index in [4.69, 9.17) is 0 Å². The molecule has 0 amide bonds. The van der Waals surface area contributed by atoms with Crippen LogP contribution in [-0.4, -0.2) is 14.3 Å². The van der Waals surface area contributed by atoms with Crippen molar-refractivity contribution in [2.24, 2.45) is 0 Å². The number of aryl methyl sites for hydroxylation is 2. The first kappa shape index (κ1) is 12.2. The van der Waals surface area contributed by atoms with E-state index < -0.39 is 0 Å². The highest BCUT2D eigenvalue weighted by molar-refractivity contribution is 7.17. The average Bonchev–Trinajstić information content (AvgIpc) is 2.99. The fraction of sp³-hybridized carbons (Fsp3) is 0.286. The van der Waals surface area contributed by atoms with Crippen LogP contribution < -0.4 is 5.56 Å². The van der Waals surface area contributed by atoms with Crippen molar-refractivity contribution in [3.05, 3.63) is 51.5 Å². The van der Waals surface area contributed by atoms with Crippen molar-refractivity contribution < 1.29 is 0 Å². The maximum Gasteiger partial charge on any atom is 0.259 e. The molecule has 19 heavy (non-hydrogen) atoms. The maximum atomic E-state index is 12.3. The highest BCUT2D eigenvalue weighted by Gasteiger charge is 2.08. The van der Waals surface area contributed by atoms with E-state index in [-0.39, 0.29) is 5.56 Å². The predicted molar refractivity (Wildman–Crippen MR) is 77.8 cm³/mol. The maximum absolute atomic E-state index is 12.3. The number of hydrogen-bond donors (Lipinski definition) is 0. The fourth-order valence-electron chi connectivity index (χ4n) is 2.31. The average molecular weight is 273 g/mol. The van der Waals surface area contributed by atoms with E-state index in [0.29, 0.717) is 6.54 Å². The summed E-state index contributed by atoms with van der Waals surface area (Å²) in [5.41, 5.74) is 2.12. The second-order valence-corrected chi connectivity index (χ2v) is 5.49. The third-order valence-corrected chi connectivity index (χ3v) is 4.09. The molecule has 0 saturated heterocycles. The highest BCUT2D eigenvalue weighted by atomic mass is 32.1. The lowest BCUT2D eigenvalue weighted by Crippen LogP contribution is -2.21. The van der Waals surface area contributed by atoms with Crippen molar-refractivity contribution >= 4 is 21.4 Å². The smallest absolute Gasteiger partial charge is 0.259 e. The summed E-state index contributed by atoms with van der Waals surface area (Å²) in [5.74, 6) is 0. The van der Waals surface area contributed by atoms with Gasteiger partial charge in [0.25, 0.3) is 5.56 Å². The topological polar surface area (TPSA) is 39.8 Å². The van der Waals surface area contributed by atoms with E-state index in [0.717, 1.165) is 28.0 Å². The molecule has 0 aliphatic rings.